The highest BCUT2D eigenvalue weighted by Gasteiger charge is 2.25. The van der Waals surface area contributed by atoms with Crippen LogP contribution in [-0.4, -0.2) is 54.6 Å². The van der Waals surface area contributed by atoms with Crippen LogP contribution in [0.5, 0.6) is 0 Å². The molecule has 186 valence electrons. The van der Waals surface area contributed by atoms with Crippen molar-refractivity contribution in [3.63, 3.8) is 0 Å². The van der Waals surface area contributed by atoms with E-state index in [9.17, 15) is 18.0 Å². The fourth-order valence-electron chi connectivity index (χ4n) is 3.30. The number of carboxylic acid groups (broad SMARTS) is 1. The second kappa shape index (κ2) is 9.56. The molecule has 0 saturated heterocycles. The third-order valence-electron chi connectivity index (χ3n) is 5.35. The first-order chi connectivity index (χ1) is 16.3. The van der Waals surface area contributed by atoms with Crippen molar-refractivity contribution in [2.24, 2.45) is 0 Å². The maximum absolute atomic E-state index is 13.5. The minimum absolute atomic E-state index is 0.00862. The molecule has 3 rings (SSSR count). The molecule has 1 heterocycles. The summed E-state index contributed by atoms with van der Waals surface area (Å²) in [6, 6.07) is 9.41. The Kier molecular flexibility index (Phi) is 7.11. The molecule has 0 aliphatic heterocycles. The molecule has 0 aliphatic carbocycles. The van der Waals surface area contributed by atoms with E-state index in [-0.39, 0.29) is 21.8 Å². The van der Waals surface area contributed by atoms with Gasteiger partial charge in [-0.25, -0.2) is 22.6 Å². The molecule has 1 aromatic heterocycles. The number of carboxylic acids is 1. The maximum Gasteiger partial charge on any atom is 0.358 e. The van der Waals surface area contributed by atoms with E-state index in [0.717, 1.165) is 10.6 Å². The van der Waals surface area contributed by atoms with Gasteiger partial charge < -0.3 is 5.11 Å². The number of anilines is 1. The minimum atomic E-state index is -3.80. The van der Waals surface area contributed by atoms with E-state index in [1.54, 1.807) is 31.2 Å². The Labute approximate surface area is 203 Å². The second-order valence-electron chi connectivity index (χ2n) is 8.81. The van der Waals surface area contributed by atoms with Crippen molar-refractivity contribution >= 4 is 27.6 Å². The molecule has 0 fully saturated rings. The van der Waals surface area contributed by atoms with Crippen molar-refractivity contribution in [3.05, 3.63) is 65.0 Å². The third-order valence-corrected chi connectivity index (χ3v) is 6.75. The highest BCUT2D eigenvalue weighted by molar-refractivity contribution is 7.89. The molecule has 0 unspecified atom stereocenters. The number of hydrogen-bond acceptors (Lipinski definition) is 7. The van der Waals surface area contributed by atoms with Gasteiger partial charge in [-0.15, -0.1) is 5.10 Å². The first-order valence-corrected chi connectivity index (χ1v) is 12.0. The summed E-state index contributed by atoms with van der Waals surface area (Å²) < 4.78 is 28.7. The molecule has 0 radical (unpaired) electrons. The summed E-state index contributed by atoms with van der Waals surface area (Å²) in [5.41, 5.74) is 1.65. The number of hydroxylamine groups is 1. The van der Waals surface area contributed by atoms with Gasteiger partial charge in [-0.1, -0.05) is 32.1 Å². The molecule has 35 heavy (non-hydrogen) atoms. The number of aromatic nitrogens is 3. The van der Waals surface area contributed by atoms with E-state index >= 15 is 0 Å². The molecule has 12 heteroatoms. The highest BCUT2D eigenvalue weighted by atomic mass is 32.2. The molecule has 1 amide bonds. The van der Waals surface area contributed by atoms with Crippen LogP contribution in [0.2, 0.25) is 0 Å². The summed E-state index contributed by atoms with van der Waals surface area (Å²) in [5.74, 6) is -1.79. The summed E-state index contributed by atoms with van der Waals surface area (Å²) in [5, 5.41) is 17.6. The number of carbonyl (C=O) groups excluding carboxylic acids is 1. The summed E-state index contributed by atoms with van der Waals surface area (Å²) in [6.45, 7) is 7.56. The Balaban J connectivity index is 2.10. The van der Waals surface area contributed by atoms with Crippen LogP contribution in [0.15, 0.2) is 47.5 Å². The first kappa shape index (κ1) is 26.0. The van der Waals surface area contributed by atoms with Gasteiger partial charge in [-0.05, 0) is 60.8 Å². The van der Waals surface area contributed by atoms with Gasteiger partial charge in [0, 0.05) is 5.56 Å². The van der Waals surface area contributed by atoms with Gasteiger partial charge in [0.05, 0.1) is 29.6 Å². The molecule has 0 spiro atoms. The normalized spacial score (nSPS) is 11.9. The zero-order valence-corrected chi connectivity index (χ0v) is 21.0. The second-order valence-corrected chi connectivity index (χ2v) is 10.7. The standard InChI is InChI=1S/C23H27N5O6S/c1-14-7-8-15(9-20(14)27-13-19(22(30)31)25-26-27)21(29)28(34-6)17-10-16(23(2,3)4)11-18(12-17)35(32,33)24-5/h7-13,24H,1-6H3,(H,30,31). The molecule has 0 saturated carbocycles. The largest absolute Gasteiger partial charge is 0.476 e. The number of nitrogens with one attached hydrogen (secondary N) is 1. The van der Waals surface area contributed by atoms with Crippen LogP contribution in [0.4, 0.5) is 5.69 Å². The van der Waals surface area contributed by atoms with Crippen LogP contribution < -0.4 is 9.79 Å². The lowest BCUT2D eigenvalue weighted by molar-refractivity contribution is 0.0689. The SMILES string of the molecule is CNS(=O)(=O)c1cc(N(OC)C(=O)c2ccc(C)c(-n3cc(C(=O)O)nn3)c2)cc(C(C)(C)C)c1. The molecule has 0 bridgehead atoms. The zero-order valence-electron chi connectivity index (χ0n) is 20.2. The third kappa shape index (κ3) is 5.39. The summed E-state index contributed by atoms with van der Waals surface area (Å²) in [7, 11) is -1.18. The maximum atomic E-state index is 13.5. The Morgan fingerprint density at radius 1 is 1.14 bits per heavy atom. The van der Waals surface area contributed by atoms with Crippen molar-refractivity contribution < 1.29 is 28.0 Å². The lowest BCUT2D eigenvalue weighted by Gasteiger charge is -2.25. The van der Waals surface area contributed by atoms with Gasteiger partial charge >= 0.3 is 5.97 Å². The number of hydrogen-bond donors (Lipinski definition) is 2. The number of amides is 1. The van der Waals surface area contributed by atoms with E-state index in [2.05, 4.69) is 15.0 Å². The molecule has 3 aromatic rings. The fourth-order valence-corrected chi connectivity index (χ4v) is 4.09. The van der Waals surface area contributed by atoms with Crippen molar-refractivity contribution in [2.75, 3.05) is 19.2 Å². The molecule has 2 aromatic carbocycles. The number of benzene rings is 2. The van der Waals surface area contributed by atoms with Crippen molar-refractivity contribution in [1.29, 1.82) is 0 Å². The average molecular weight is 502 g/mol. The molecule has 0 aliphatic rings. The van der Waals surface area contributed by atoms with Gasteiger partial charge in [-0.3, -0.25) is 9.63 Å². The monoisotopic (exact) mass is 501 g/mol. The molecule has 0 atom stereocenters. The molecule has 11 nitrogen and oxygen atoms in total. The van der Waals surface area contributed by atoms with Gasteiger partial charge in [-0.2, -0.15) is 5.06 Å². The smallest absolute Gasteiger partial charge is 0.358 e. The summed E-state index contributed by atoms with van der Waals surface area (Å²) in [4.78, 5) is 30.0. The number of carbonyl (C=O) groups is 2. The summed E-state index contributed by atoms with van der Waals surface area (Å²) in [6.07, 6.45) is 1.24. The van der Waals surface area contributed by atoms with Crippen LogP contribution in [0.25, 0.3) is 5.69 Å². The predicted molar refractivity (Wildman–Crippen MR) is 128 cm³/mol. The van der Waals surface area contributed by atoms with E-state index in [1.807, 2.05) is 20.8 Å². The Morgan fingerprint density at radius 3 is 2.37 bits per heavy atom. The van der Waals surface area contributed by atoms with Crippen LogP contribution in [0.3, 0.4) is 0 Å². The lowest BCUT2D eigenvalue weighted by Crippen LogP contribution is -2.31. The fraction of sp³-hybridized carbons (Fsp3) is 0.304. The number of sulfonamides is 1. The van der Waals surface area contributed by atoms with E-state index < -0.39 is 27.3 Å². The Bertz CT molecular complexity index is 1390. The van der Waals surface area contributed by atoms with Crippen LogP contribution in [0, 0.1) is 6.92 Å². The van der Waals surface area contributed by atoms with E-state index in [1.165, 1.54) is 37.2 Å². The molecular formula is C23H27N5O6S. The topological polar surface area (TPSA) is 144 Å². The highest BCUT2D eigenvalue weighted by Crippen LogP contribution is 2.31. The number of rotatable bonds is 7. The van der Waals surface area contributed by atoms with Gasteiger partial charge in [0.15, 0.2) is 5.69 Å². The van der Waals surface area contributed by atoms with Crippen molar-refractivity contribution in [2.45, 2.75) is 38.0 Å². The number of aromatic carboxylic acids is 1. The lowest BCUT2D eigenvalue weighted by atomic mass is 9.87. The summed E-state index contributed by atoms with van der Waals surface area (Å²) >= 11 is 0. The number of aryl methyl sites for hydroxylation is 1. The Morgan fingerprint density at radius 2 is 1.83 bits per heavy atom. The van der Waals surface area contributed by atoms with Gasteiger partial charge in [0.25, 0.3) is 5.91 Å². The van der Waals surface area contributed by atoms with Crippen LogP contribution >= 0.6 is 0 Å². The van der Waals surface area contributed by atoms with Crippen molar-refractivity contribution in [1.82, 2.24) is 19.7 Å². The van der Waals surface area contributed by atoms with Crippen LogP contribution in [-0.2, 0) is 20.3 Å². The predicted octanol–water partition coefficient (Wildman–Crippen LogP) is 2.69. The van der Waals surface area contributed by atoms with Crippen LogP contribution in [0.1, 0.15) is 52.7 Å². The van der Waals surface area contributed by atoms with Gasteiger partial charge in [0.1, 0.15) is 0 Å². The quantitative estimate of drug-likeness (QED) is 0.470. The number of nitrogens with zero attached hydrogens (tertiary/aromatic N) is 4. The minimum Gasteiger partial charge on any atom is -0.476 e. The molecular weight excluding hydrogens is 474 g/mol. The van der Waals surface area contributed by atoms with E-state index in [4.69, 9.17) is 9.94 Å². The van der Waals surface area contributed by atoms with Gasteiger partial charge in [0.2, 0.25) is 10.0 Å². The molecule has 2 N–H and O–H groups in total. The first-order valence-electron chi connectivity index (χ1n) is 10.5. The Hall–Kier alpha value is -3.61. The van der Waals surface area contributed by atoms with E-state index in [0.29, 0.717) is 11.3 Å². The zero-order chi connectivity index (χ0) is 26.1. The van der Waals surface area contributed by atoms with Crippen molar-refractivity contribution in [3.8, 4) is 5.69 Å². The average Bonchev–Trinajstić information content (AvgIpc) is 3.29.